The van der Waals surface area contributed by atoms with Gasteiger partial charge in [0.2, 0.25) is 0 Å². The first-order valence-corrected chi connectivity index (χ1v) is 13.4. The number of ether oxygens (including phenoxy) is 1. The second-order valence-electron chi connectivity index (χ2n) is 11.8. The zero-order valence-corrected chi connectivity index (χ0v) is 20.2. The van der Waals surface area contributed by atoms with E-state index in [9.17, 15) is 0 Å². The van der Waals surface area contributed by atoms with Crippen molar-refractivity contribution in [3.63, 3.8) is 0 Å². The molecule has 0 spiro atoms. The van der Waals surface area contributed by atoms with Crippen molar-refractivity contribution in [2.24, 2.45) is 23.7 Å². The normalized spacial score (nSPS) is 39.1. The van der Waals surface area contributed by atoms with E-state index in [1.165, 1.54) is 54.9 Å². The van der Waals surface area contributed by atoms with Gasteiger partial charge < -0.3 is 4.74 Å². The molecular formula is C30H28Cl2O. The third kappa shape index (κ3) is 2.46. The lowest BCUT2D eigenvalue weighted by atomic mass is 9.48. The van der Waals surface area contributed by atoms with Crippen molar-refractivity contribution in [2.75, 3.05) is 0 Å². The number of fused-ring (bicyclic) bond motifs is 4. The van der Waals surface area contributed by atoms with Gasteiger partial charge in [0.15, 0.2) is 9.93 Å². The average Bonchev–Trinajstić information content (AvgIpc) is 3.32. The van der Waals surface area contributed by atoms with Crippen LogP contribution >= 0.6 is 23.2 Å². The summed E-state index contributed by atoms with van der Waals surface area (Å²) in [6, 6.07) is 22.0. The van der Waals surface area contributed by atoms with Crippen molar-refractivity contribution in [3.8, 4) is 5.75 Å². The third-order valence-corrected chi connectivity index (χ3v) is 11.0. The monoisotopic (exact) mass is 474 g/mol. The van der Waals surface area contributed by atoms with Gasteiger partial charge in [0.25, 0.3) is 0 Å². The zero-order valence-electron chi connectivity index (χ0n) is 18.7. The lowest BCUT2D eigenvalue weighted by molar-refractivity contribution is -0.00512. The third-order valence-electron chi connectivity index (χ3n) is 9.96. The van der Waals surface area contributed by atoms with Crippen molar-refractivity contribution < 1.29 is 4.74 Å². The second kappa shape index (κ2) is 6.29. The summed E-state index contributed by atoms with van der Waals surface area (Å²) >= 11 is 13.8. The molecule has 0 radical (unpaired) electrons. The Balaban J connectivity index is 1.20. The quantitative estimate of drug-likeness (QED) is 0.342. The fourth-order valence-corrected chi connectivity index (χ4v) is 9.76. The van der Waals surface area contributed by atoms with Crippen molar-refractivity contribution in [3.05, 3.63) is 77.4 Å². The Morgan fingerprint density at radius 3 is 2.15 bits per heavy atom. The minimum Gasteiger partial charge on any atom is -0.479 e. The molecule has 0 N–H and O–H groups in total. The molecule has 5 aliphatic carbocycles. The molecule has 1 nitrogen and oxygen atoms in total. The van der Waals surface area contributed by atoms with E-state index in [0.29, 0.717) is 5.41 Å². The number of alkyl halides is 2. The van der Waals surface area contributed by atoms with E-state index in [1.54, 1.807) is 5.56 Å². The van der Waals surface area contributed by atoms with Gasteiger partial charge in [-0.3, -0.25) is 0 Å². The molecule has 3 heteroatoms. The first-order valence-electron chi connectivity index (χ1n) is 12.7. The fraction of sp³-hybridized carbons (Fsp3) is 0.467. The van der Waals surface area contributed by atoms with Crippen LogP contribution in [0.5, 0.6) is 5.75 Å². The van der Waals surface area contributed by atoms with Gasteiger partial charge in [-0.1, -0.05) is 77.8 Å². The Kier molecular flexibility index (Phi) is 3.73. The summed E-state index contributed by atoms with van der Waals surface area (Å²) in [5, 5.41) is 2.65. The lowest BCUT2D eigenvalue weighted by Crippen LogP contribution is -2.48. The van der Waals surface area contributed by atoms with E-state index in [-0.39, 0.29) is 5.92 Å². The van der Waals surface area contributed by atoms with E-state index >= 15 is 0 Å². The van der Waals surface area contributed by atoms with Gasteiger partial charge in [-0.05, 0) is 96.1 Å². The molecule has 4 bridgehead atoms. The summed E-state index contributed by atoms with van der Waals surface area (Å²) in [4.78, 5) is 0. The van der Waals surface area contributed by atoms with Gasteiger partial charge in [-0.25, -0.2) is 0 Å². The topological polar surface area (TPSA) is 9.23 Å². The summed E-state index contributed by atoms with van der Waals surface area (Å²) < 4.78 is 5.77. The highest BCUT2D eigenvalue weighted by molar-refractivity contribution is 6.52. The molecule has 0 amide bonds. The SMILES string of the molecule is ClC1(Cl)C2Cc3c(ccc4cc(C56CC7CC(CC(C7)C5)C6)ccc34)OC21c1ccccc1. The predicted molar refractivity (Wildman–Crippen MR) is 134 cm³/mol. The Morgan fingerprint density at radius 2 is 1.45 bits per heavy atom. The van der Waals surface area contributed by atoms with Crippen LogP contribution in [0, 0.1) is 23.7 Å². The van der Waals surface area contributed by atoms with Gasteiger partial charge in [-0.2, -0.15) is 0 Å². The van der Waals surface area contributed by atoms with E-state index in [4.69, 9.17) is 27.9 Å². The van der Waals surface area contributed by atoms with Crippen LogP contribution < -0.4 is 4.74 Å². The van der Waals surface area contributed by atoms with E-state index in [1.807, 2.05) is 18.2 Å². The highest BCUT2D eigenvalue weighted by Crippen LogP contribution is 2.73. The second-order valence-corrected chi connectivity index (χ2v) is 13.1. The Labute approximate surface area is 205 Å². The largest absolute Gasteiger partial charge is 0.479 e. The van der Waals surface area contributed by atoms with Crippen LogP contribution in [0.15, 0.2) is 60.7 Å². The highest BCUT2D eigenvalue weighted by Gasteiger charge is 2.80. The maximum atomic E-state index is 6.89. The van der Waals surface area contributed by atoms with Gasteiger partial charge in [-0.15, -0.1) is 0 Å². The van der Waals surface area contributed by atoms with Crippen LogP contribution in [-0.2, 0) is 17.4 Å². The number of hydrogen-bond donors (Lipinski definition) is 0. The van der Waals surface area contributed by atoms with Gasteiger partial charge in [0, 0.05) is 11.5 Å². The fourth-order valence-electron chi connectivity index (χ4n) is 8.85. The van der Waals surface area contributed by atoms with Crippen LogP contribution in [0.1, 0.15) is 55.2 Å². The standard InChI is InChI=1S/C30H28Cl2O/c31-30(32)27-14-25-24-8-7-23(28-15-18-10-19(16-28)12-20(11-18)17-28)13-21(24)6-9-26(25)33-29(27,30)22-4-2-1-3-5-22/h1-9,13,18-20,27H,10-12,14-17H2. The van der Waals surface area contributed by atoms with Crippen LogP contribution in [0.25, 0.3) is 10.8 Å². The summed E-state index contributed by atoms with van der Waals surface area (Å²) in [7, 11) is 0. The van der Waals surface area contributed by atoms with Gasteiger partial charge in [0.1, 0.15) is 5.75 Å². The molecule has 6 aliphatic rings. The molecule has 5 saturated carbocycles. The Bertz CT molecular complexity index is 1260. The molecular weight excluding hydrogens is 447 g/mol. The zero-order chi connectivity index (χ0) is 22.0. The maximum absolute atomic E-state index is 6.89. The molecule has 33 heavy (non-hydrogen) atoms. The molecule has 1 aliphatic heterocycles. The van der Waals surface area contributed by atoms with Gasteiger partial charge >= 0.3 is 0 Å². The smallest absolute Gasteiger partial charge is 0.173 e. The lowest BCUT2D eigenvalue weighted by Gasteiger charge is -2.57. The Hall–Kier alpha value is -1.70. The van der Waals surface area contributed by atoms with E-state index in [2.05, 4.69) is 42.5 Å². The van der Waals surface area contributed by atoms with Crippen molar-refractivity contribution >= 4 is 34.0 Å². The number of halogens is 2. The molecule has 3 aromatic carbocycles. The highest BCUT2D eigenvalue weighted by atomic mass is 35.5. The van der Waals surface area contributed by atoms with Crippen molar-refractivity contribution in [1.29, 1.82) is 0 Å². The molecule has 5 fully saturated rings. The molecule has 168 valence electrons. The molecule has 9 rings (SSSR count). The molecule has 0 aromatic heterocycles. The van der Waals surface area contributed by atoms with E-state index in [0.717, 1.165) is 35.5 Å². The molecule has 3 aromatic rings. The van der Waals surface area contributed by atoms with E-state index < -0.39 is 9.93 Å². The molecule has 1 heterocycles. The number of hydrogen-bond acceptors (Lipinski definition) is 1. The van der Waals surface area contributed by atoms with Gasteiger partial charge in [0.05, 0.1) is 0 Å². The van der Waals surface area contributed by atoms with Crippen molar-refractivity contribution in [2.45, 2.75) is 60.3 Å². The minimum absolute atomic E-state index is 0.0664. The maximum Gasteiger partial charge on any atom is 0.173 e. The minimum atomic E-state index is -0.904. The van der Waals surface area contributed by atoms with Crippen molar-refractivity contribution in [1.82, 2.24) is 0 Å². The first kappa shape index (κ1) is 19.6. The summed E-state index contributed by atoms with van der Waals surface area (Å²) in [5.41, 5.74) is 3.71. The molecule has 2 atom stereocenters. The first-order chi connectivity index (χ1) is 16.0. The van der Waals surface area contributed by atoms with Crippen LogP contribution in [0.4, 0.5) is 0 Å². The number of rotatable bonds is 2. The number of benzene rings is 3. The average molecular weight is 475 g/mol. The predicted octanol–water partition coefficient (Wildman–Crippen LogP) is 7.94. The Morgan fingerprint density at radius 1 is 0.758 bits per heavy atom. The van der Waals surface area contributed by atoms with Crippen LogP contribution in [0.2, 0.25) is 0 Å². The summed E-state index contributed by atoms with van der Waals surface area (Å²) in [6.07, 6.45) is 9.53. The summed E-state index contributed by atoms with van der Waals surface area (Å²) in [6.45, 7) is 0. The molecule has 2 unspecified atom stereocenters. The summed E-state index contributed by atoms with van der Waals surface area (Å²) in [5.74, 6) is 3.89. The van der Waals surface area contributed by atoms with Crippen LogP contribution in [-0.4, -0.2) is 4.33 Å². The van der Waals surface area contributed by atoms with Crippen LogP contribution in [0.3, 0.4) is 0 Å². The molecule has 0 saturated heterocycles.